The van der Waals surface area contributed by atoms with E-state index >= 15 is 0 Å². The van der Waals surface area contributed by atoms with Crippen LogP contribution in [0.15, 0.2) is 40.3 Å². The van der Waals surface area contributed by atoms with Gasteiger partial charge in [-0.1, -0.05) is 18.6 Å². The Labute approximate surface area is 168 Å². The van der Waals surface area contributed by atoms with E-state index in [1.54, 1.807) is 40.4 Å². The van der Waals surface area contributed by atoms with Crippen LogP contribution in [-0.4, -0.2) is 36.4 Å². The maximum Gasteiger partial charge on any atom is 0.262 e. The Balaban J connectivity index is 1.74. The van der Waals surface area contributed by atoms with Crippen molar-refractivity contribution in [3.05, 3.63) is 57.0 Å². The van der Waals surface area contributed by atoms with E-state index in [1.165, 1.54) is 41.7 Å². The molecule has 4 rings (SSSR count). The number of hydrogen-bond donors (Lipinski definition) is 0. The van der Waals surface area contributed by atoms with Gasteiger partial charge in [-0.15, -0.1) is 11.3 Å². The fraction of sp³-hybridized carbons (Fsp3) is 0.400. The van der Waals surface area contributed by atoms with Gasteiger partial charge in [-0.25, -0.2) is 17.7 Å². The molecular weight excluding hydrogens is 394 g/mol. The summed E-state index contributed by atoms with van der Waals surface area (Å²) < 4.78 is 27.5. The normalized spacial score (nSPS) is 15.0. The number of rotatable bonds is 4. The van der Waals surface area contributed by atoms with Crippen LogP contribution >= 0.6 is 11.3 Å². The molecule has 2 aromatic heterocycles. The van der Waals surface area contributed by atoms with Crippen LogP contribution in [0, 0.1) is 0 Å². The molecule has 1 aliphatic rings. The zero-order valence-electron chi connectivity index (χ0n) is 16.0. The fourth-order valence-electron chi connectivity index (χ4n) is 3.68. The van der Waals surface area contributed by atoms with E-state index in [4.69, 9.17) is 0 Å². The third-order valence-electron chi connectivity index (χ3n) is 5.22. The molecule has 0 amide bonds. The molecule has 0 aliphatic heterocycles. The average Bonchev–Trinajstić information content (AvgIpc) is 2.86. The second-order valence-corrected chi connectivity index (χ2v) is 10.6. The number of sulfonamides is 1. The summed E-state index contributed by atoms with van der Waals surface area (Å²) >= 11 is 1.64. The Morgan fingerprint density at radius 2 is 1.96 bits per heavy atom. The Hall–Kier alpha value is -2.03. The van der Waals surface area contributed by atoms with Crippen LogP contribution in [0.3, 0.4) is 0 Å². The number of aryl methyl sites for hydroxylation is 2. The number of thiophene rings is 1. The van der Waals surface area contributed by atoms with Gasteiger partial charge < -0.3 is 0 Å². The summed E-state index contributed by atoms with van der Waals surface area (Å²) in [5.74, 6) is 0. The molecule has 0 radical (unpaired) electrons. The largest absolute Gasteiger partial charge is 0.294 e. The van der Waals surface area contributed by atoms with Crippen molar-refractivity contribution >= 4 is 31.6 Å². The molecule has 0 spiro atoms. The first-order chi connectivity index (χ1) is 13.4. The molecule has 0 bridgehead atoms. The number of nitrogens with zero attached hydrogens (tertiary/aromatic N) is 3. The molecule has 0 fully saturated rings. The lowest BCUT2D eigenvalue weighted by Crippen LogP contribution is -2.23. The number of hydrogen-bond acceptors (Lipinski definition) is 5. The standard InChI is InChI=1S/C20H23N3O3S2/c1-22(2)28(25,26)15-8-6-7-14(11-15)12-23-13-21-19-18(20(23)24)16-9-4-3-5-10-17(16)27-19/h6-8,11,13H,3-5,9-10,12H2,1-2H3. The SMILES string of the molecule is CN(C)S(=O)(=O)c1cccc(Cn2cnc3sc4c(c3c2=O)CCCCC4)c1. The maximum atomic E-state index is 13.2. The lowest BCUT2D eigenvalue weighted by Gasteiger charge is -2.13. The summed E-state index contributed by atoms with van der Waals surface area (Å²) in [7, 11) is -0.498. The van der Waals surface area contributed by atoms with Crippen LogP contribution in [-0.2, 0) is 29.4 Å². The Kier molecular flexibility index (Phi) is 5.11. The highest BCUT2D eigenvalue weighted by atomic mass is 32.2. The van der Waals surface area contributed by atoms with Crippen molar-refractivity contribution in [2.45, 2.75) is 43.5 Å². The predicted molar refractivity (Wildman–Crippen MR) is 112 cm³/mol. The lowest BCUT2D eigenvalue weighted by atomic mass is 10.1. The molecular formula is C20H23N3O3S2. The maximum absolute atomic E-state index is 13.2. The van der Waals surface area contributed by atoms with Gasteiger partial charge in [-0.2, -0.15) is 0 Å². The molecule has 2 heterocycles. The highest BCUT2D eigenvalue weighted by Crippen LogP contribution is 2.32. The van der Waals surface area contributed by atoms with E-state index in [-0.39, 0.29) is 10.5 Å². The van der Waals surface area contributed by atoms with E-state index in [2.05, 4.69) is 4.98 Å². The molecule has 0 N–H and O–H groups in total. The molecule has 6 nitrogen and oxygen atoms in total. The van der Waals surface area contributed by atoms with Crippen LogP contribution in [0.25, 0.3) is 10.2 Å². The van der Waals surface area contributed by atoms with Gasteiger partial charge in [0.2, 0.25) is 10.0 Å². The zero-order valence-corrected chi connectivity index (χ0v) is 17.6. The van der Waals surface area contributed by atoms with Gasteiger partial charge in [0.25, 0.3) is 5.56 Å². The van der Waals surface area contributed by atoms with E-state index in [0.717, 1.165) is 35.0 Å². The molecule has 3 aromatic rings. The second-order valence-electron chi connectivity index (χ2n) is 7.36. The lowest BCUT2D eigenvalue weighted by molar-refractivity contribution is 0.520. The fourth-order valence-corrected chi connectivity index (χ4v) is 5.87. The first-order valence-electron chi connectivity index (χ1n) is 9.39. The van der Waals surface area contributed by atoms with Gasteiger partial charge in [-0.3, -0.25) is 9.36 Å². The van der Waals surface area contributed by atoms with E-state index in [0.29, 0.717) is 6.54 Å². The molecule has 0 saturated carbocycles. The number of benzene rings is 1. The quantitative estimate of drug-likeness (QED) is 0.612. The average molecular weight is 418 g/mol. The Bertz CT molecular complexity index is 1190. The van der Waals surface area contributed by atoms with Crippen molar-refractivity contribution in [3.8, 4) is 0 Å². The van der Waals surface area contributed by atoms with Gasteiger partial charge >= 0.3 is 0 Å². The minimum atomic E-state index is -3.51. The highest BCUT2D eigenvalue weighted by molar-refractivity contribution is 7.89. The second kappa shape index (κ2) is 7.42. The molecule has 28 heavy (non-hydrogen) atoms. The van der Waals surface area contributed by atoms with Crippen LogP contribution in [0.1, 0.15) is 35.3 Å². The van der Waals surface area contributed by atoms with Crippen LogP contribution in [0.4, 0.5) is 0 Å². The molecule has 8 heteroatoms. The highest BCUT2D eigenvalue weighted by Gasteiger charge is 2.20. The molecule has 1 aromatic carbocycles. The molecule has 1 aliphatic carbocycles. The van der Waals surface area contributed by atoms with Gasteiger partial charge in [0.1, 0.15) is 4.83 Å². The monoisotopic (exact) mass is 417 g/mol. The van der Waals surface area contributed by atoms with E-state index < -0.39 is 10.0 Å². The zero-order chi connectivity index (χ0) is 19.9. The number of aromatic nitrogens is 2. The van der Waals surface area contributed by atoms with Crippen molar-refractivity contribution in [2.75, 3.05) is 14.1 Å². The van der Waals surface area contributed by atoms with Gasteiger partial charge in [0, 0.05) is 19.0 Å². The number of fused-ring (bicyclic) bond motifs is 3. The summed E-state index contributed by atoms with van der Waals surface area (Å²) in [6.07, 6.45) is 7.02. The van der Waals surface area contributed by atoms with Gasteiger partial charge in [0.15, 0.2) is 0 Å². The van der Waals surface area contributed by atoms with Crippen molar-refractivity contribution in [1.29, 1.82) is 0 Å². The first-order valence-corrected chi connectivity index (χ1v) is 11.6. The molecule has 148 valence electrons. The first kappa shape index (κ1) is 19.3. The topological polar surface area (TPSA) is 72.3 Å². The smallest absolute Gasteiger partial charge is 0.262 e. The molecule has 0 atom stereocenters. The van der Waals surface area contributed by atoms with E-state index in [9.17, 15) is 13.2 Å². The summed E-state index contributed by atoms with van der Waals surface area (Å²) in [6, 6.07) is 6.74. The molecule has 0 unspecified atom stereocenters. The van der Waals surface area contributed by atoms with Crippen LogP contribution in [0.5, 0.6) is 0 Å². The Morgan fingerprint density at radius 1 is 1.18 bits per heavy atom. The van der Waals surface area contributed by atoms with Crippen LogP contribution in [0.2, 0.25) is 0 Å². The van der Waals surface area contributed by atoms with Crippen LogP contribution < -0.4 is 5.56 Å². The Morgan fingerprint density at radius 3 is 2.75 bits per heavy atom. The molecule has 0 saturated heterocycles. The third-order valence-corrected chi connectivity index (χ3v) is 8.23. The summed E-state index contributed by atoms with van der Waals surface area (Å²) in [5, 5.41) is 0.751. The van der Waals surface area contributed by atoms with Gasteiger partial charge in [-0.05, 0) is 48.9 Å². The van der Waals surface area contributed by atoms with Crippen molar-refractivity contribution in [1.82, 2.24) is 13.9 Å². The van der Waals surface area contributed by atoms with Crippen molar-refractivity contribution in [2.24, 2.45) is 0 Å². The van der Waals surface area contributed by atoms with Crippen molar-refractivity contribution < 1.29 is 8.42 Å². The third kappa shape index (κ3) is 3.40. The summed E-state index contributed by atoms with van der Waals surface area (Å²) in [5.41, 5.74) is 1.89. The predicted octanol–water partition coefficient (Wildman–Crippen LogP) is 3.03. The van der Waals surface area contributed by atoms with Gasteiger partial charge in [0.05, 0.1) is 23.2 Å². The minimum absolute atomic E-state index is 0.0368. The van der Waals surface area contributed by atoms with Crippen molar-refractivity contribution in [3.63, 3.8) is 0 Å². The van der Waals surface area contributed by atoms with E-state index in [1.807, 2.05) is 6.07 Å². The summed E-state index contributed by atoms with van der Waals surface area (Å²) in [6.45, 7) is 0.295. The minimum Gasteiger partial charge on any atom is -0.294 e. The summed E-state index contributed by atoms with van der Waals surface area (Å²) in [4.78, 5) is 20.0.